The largest absolute Gasteiger partial charge is 0.364 e. The smallest absolute Gasteiger partial charge is 0.249 e. The van der Waals surface area contributed by atoms with Crippen LogP contribution < -0.4 is 10.5 Å². The molecule has 1 N–H and O–H groups in total. The van der Waals surface area contributed by atoms with E-state index in [-0.39, 0.29) is 5.56 Å². The molecule has 0 atom stereocenters. The van der Waals surface area contributed by atoms with Gasteiger partial charge < -0.3 is 9.88 Å². The fraction of sp³-hybridized carbons (Fsp3) is 0.444. The molecule has 0 amide bonds. The monoisotopic (exact) mass is 404 g/mol. The summed E-state index contributed by atoms with van der Waals surface area (Å²) in [5.41, 5.74) is 2.53. The Morgan fingerprint density at radius 3 is 2.30 bits per heavy atom. The van der Waals surface area contributed by atoms with Gasteiger partial charge in [-0.15, -0.1) is 13.2 Å². The van der Waals surface area contributed by atoms with Crippen LogP contribution in [0.5, 0.6) is 0 Å². The fourth-order valence-electron chi connectivity index (χ4n) is 3.65. The molecule has 0 aliphatic carbocycles. The number of hydrogen-bond donors (Lipinski definition) is 1. The Hall–Kier alpha value is -2.73. The summed E-state index contributed by atoms with van der Waals surface area (Å²) in [4.78, 5) is 17.2. The third-order valence-electron chi connectivity index (χ3n) is 5.27. The zero-order chi connectivity index (χ0) is 21.6. The second-order valence-electron chi connectivity index (χ2n) is 7.79. The number of nitrogens with zero attached hydrogens (tertiary/aromatic N) is 1. The molecule has 1 aromatic carbocycles. The molecule has 160 valence electrons. The molecule has 0 radical (unpaired) electrons. The summed E-state index contributed by atoms with van der Waals surface area (Å²) < 4.78 is 0. The maximum absolute atomic E-state index is 12.1. The molecule has 1 aromatic heterocycles. The van der Waals surface area contributed by atoms with Crippen LogP contribution in [0.15, 0.2) is 54.4 Å². The van der Waals surface area contributed by atoms with E-state index < -0.39 is 0 Å². The highest BCUT2D eigenvalue weighted by atomic mass is 16.1. The van der Waals surface area contributed by atoms with Crippen molar-refractivity contribution in [2.75, 3.05) is 18.0 Å². The Bertz CT molecular complexity index is 919. The summed E-state index contributed by atoms with van der Waals surface area (Å²) in [6, 6.07) is 7.72. The molecule has 0 aliphatic rings. The zero-order valence-electron chi connectivity index (χ0n) is 18.5. The van der Waals surface area contributed by atoms with Crippen molar-refractivity contribution < 1.29 is 0 Å². The Balaban J connectivity index is 2.01. The number of nitrogens with one attached hydrogen (secondary N) is 1. The number of H-pyrrole nitrogens is 1. The van der Waals surface area contributed by atoms with E-state index in [0.717, 1.165) is 48.1 Å². The van der Waals surface area contributed by atoms with Gasteiger partial charge >= 0.3 is 0 Å². The number of pyridine rings is 1. The first-order valence-corrected chi connectivity index (χ1v) is 11.3. The maximum Gasteiger partial charge on any atom is 0.249 e. The number of unbranched alkanes of at least 4 members (excludes halogenated alkanes) is 8. The molecular formula is C27H36N2O. The third-order valence-corrected chi connectivity index (χ3v) is 5.27. The molecule has 0 saturated carbocycles. The Morgan fingerprint density at radius 1 is 0.967 bits per heavy atom. The van der Waals surface area contributed by atoms with Crippen molar-refractivity contribution in [3.8, 4) is 11.8 Å². The standard InChI is InChI=1S/C27H36N2O/c1-4-7-8-9-10-11-12-13-14-15-16-23-21-27(30)28-26-22-24(17-18-25(23)26)29(19-5-2)20-6-3/h5-6,17-18,21-22H,2-4,7-14,19-20H2,1H3,(H,28,30). The molecule has 0 unspecified atom stereocenters. The molecule has 0 saturated heterocycles. The fourth-order valence-corrected chi connectivity index (χ4v) is 3.65. The summed E-state index contributed by atoms with van der Waals surface area (Å²) in [7, 11) is 0. The van der Waals surface area contributed by atoms with Gasteiger partial charge in [0.15, 0.2) is 0 Å². The molecule has 1 heterocycles. The van der Waals surface area contributed by atoms with Gasteiger partial charge in [-0.2, -0.15) is 0 Å². The number of fused-ring (bicyclic) bond motifs is 1. The van der Waals surface area contributed by atoms with Gasteiger partial charge in [0.25, 0.3) is 0 Å². The molecule has 0 bridgehead atoms. The average Bonchev–Trinajstić information content (AvgIpc) is 2.74. The number of aromatic amines is 1. The summed E-state index contributed by atoms with van der Waals surface area (Å²) in [5, 5.41) is 0.985. The Kier molecular flexibility index (Phi) is 10.6. The molecule has 3 heteroatoms. The topological polar surface area (TPSA) is 36.1 Å². The highest BCUT2D eigenvalue weighted by Crippen LogP contribution is 2.22. The number of hydrogen-bond acceptors (Lipinski definition) is 2. The lowest BCUT2D eigenvalue weighted by molar-refractivity contribution is 0.579. The maximum atomic E-state index is 12.1. The number of aromatic nitrogens is 1. The lowest BCUT2D eigenvalue weighted by atomic mass is 10.1. The Labute approximate surface area is 181 Å². The minimum Gasteiger partial charge on any atom is -0.364 e. The molecule has 3 nitrogen and oxygen atoms in total. The first-order chi connectivity index (χ1) is 14.7. The predicted molar refractivity (Wildman–Crippen MR) is 131 cm³/mol. The summed E-state index contributed by atoms with van der Waals surface area (Å²) in [5.74, 6) is 6.50. The molecule has 0 spiro atoms. The highest BCUT2D eigenvalue weighted by molar-refractivity contribution is 5.87. The first-order valence-electron chi connectivity index (χ1n) is 11.3. The van der Waals surface area contributed by atoms with Crippen LogP contribution in [0.1, 0.15) is 70.3 Å². The van der Waals surface area contributed by atoms with E-state index in [9.17, 15) is 4.79 Å². The predicted octanol–water partition coefficient (Wildman–Crippen LogP) is 6.59. The normalized spacial score (nSPS) is 10.4. The van der Waals surface area contributed by atoms with Crippen LogP contribution in [0.2, 0.25) is 0 Å². The van der Waals surface area contributed by atoms with E-state index in [1.807, 2.05) is 24.3 Å². The van der Waals surface area contributed by atoms with Crippen LogP contribution in [-0.4, -0.2) is 18.1 Å². The Morgan fingerprint density at radius 2 is 1.63 bits per heavy atom. The van der Waals surface area contributed by atoms with Crippen LogP contribution in [0.4, 0.5) is 5.69 Å². The summed E-state index contributed by atoms with van der Waals surface area (Å²) >= 11 is 0. The summed E-state index contributed by atoms with van der Waals surface area (Å²) in [6.45, 7) is 11.3. The van der Waals surface area contributed by atoms with E-state index in [1.54, 1.807) is 6.07 Å². The molecule has 0 fully saturated rings. The van der Waals surface area contributed by atoms with Crippen molar-refractivity contribution in [2.45, 2.75) is 64.7 Å². The molecular weight excluding hydrogens is 368 g/mol. The van der Waals surface area contributed by atoms with Crippen molar-refractivity contribution in [3.05, 3.63) is 65.5 Å². The zero-order valence-corrected chi connectivity index (χ0v) is 18.5. The van der Waals surface area contributed by atoms with E-state index >= 15 is 0 Å². The quantitative estimate of drug-likeness (QED) is 0.232. The van der Waals surface area contributed by atoms with Crippen molar-refractivity contribution in [2.24, 2.45) is 0 Å². The lowest BCUT2D eigenvalue weighted by Gasteiger charge is -2.22. The van der Waals surface area contributed by atoms with Gasteiger partial charge in [-0.1, -0.05) is 75.9 Å². The minimum atomic E-state index is -0.116. The van der Waals surface area contributed by atoms with Gasteiger partial charge in [0.2, 0.25) is 5.56 Å². The van der Waals surface area contributed by atoms with Gasteiger partial charge in [0, 0.05) is 42.2 Å². The van der Waals surface area contributed by atoms with Gasteiger partial charge in [0.05, 0.1) is 5.52 Å². The average molecular weight is 405 g/mol. The highest BCUT2D eigenvalue weighted by Gasteiger charge is 2.07. The third kappa shape index (κ3) is 7.59. The minimum absolute atomic E-state index is 0.116. The number of rotatable bonds is 13. The second kappa shape index (κ2) is 13.5. The van der Waals surface area contributed by atoms with E-state index in [1.165, 1.54) is 44.9 Å². The second-order valence-corrected chi connectivity index (χ2v) is 7.79. The van der Waals surface area contributed by atoms with Crippen LogP contribution in [0.25, 0.3) is 10.9 Å². The van der Waals surface area contributed by atoms with Gasteiger partial charge in [-0.25, -0.2) is 0 Å². The van der Waals surface area contributed by atoms with Crippen LogP contribution in [0, 0.1) is 11.8 Å². The van der Waals surface area contributed by atoms with E-state index in [2.05, 4.69) is 47.9 Å². The van der Waals surface area contributed by atoms with Crippen LogP contribution in [-0.2, 0) is 0 Å². The van der Waals surface area contributed by atoms with Crippen LogP contribution in [0.3, 0.4) is 0 Å². The van der Waals surface area contributed by atoms with Gasteiger partial charge in [0.1, 0.15) is 0 Å². The molecule has 2 aromatic rings. The van der Waals surface area contributed by atoms with Crippen molar-refractivity contribution in [1.29, 1.82) is 0 Å². The first kappa shape index (κ1) is 23.5. The SMILES string of the molecule is C=CCN(CC=C)c1ccc2c(C#CCCCCCCCCCC)cc(=O)[nH]c2c1. The number of benzene rings is 1. The van der Waals surface area contributed by atoms with Gasteiger partial charge in [-0.05, 0) is 24.6 Å². The van der Waals surface area contributed by atoms with Crippen LogP contribution >= 0.6 is 0 Å². The molecule has 30 heavy (non-hydrogen) atoms. The van der Waals surface area contributed by atoms with E-state index in [0.29, 0.717) is 0 Å². The van der Waals surface area contributed by atoms with Crippen molar-refractivity contribution >= 4 is 16.6 Å². The number of anilines is 1. The van der Waals surface area contributed by atoms with E-state index in [4.69, 9.17) is 0 Å². The molecule has 0 aliphatic heterocycles. The molecule has 2 rings (SSSR count). The summed E-state index contributed by atoms with van der Waals surface area (Å²) in [6.07, 6.45) is 15.0. The lowest BCUT2D eigenvalue weighted by Crippen LogP contribution is -2.23. The van der Waals surface area contributed by atoms with Crippen molar-refractivity contribution in [1.82, 2.24) is 4.98 Å². The van der Waals surface area contributed by atoms with Gasteiger partial charge in [-0.3, -0.25) is 4.79 Å². The van der Waals surface area contributed by atoms with Crippen molar-refractivity contribution in [3.63, 3.8) is 0 Å².